The van der Waals surface area contributed by atoms with E-state index >= 15 is 0 Å². The first kappa shape index (κ1) is 32.7. The standard InChI is InChI=1S/C36H27ClFIN2O5S/c1-3-45-35(43)30-31(22-9-5-4-6-10-22)40-36-41(32(30)23-13-15-25(38)16-14-23)34(42)29(47-36)19-21-17-27(39)33(28(18-21)44-2)46-20-24-11-7-8-12-26(24)37/h4-19,32H,3,20H2,1-2H3/b29-19-/t32-/m1/s1. The predicted molar refractivity (Wildman–Crippen MR) is 189 cm³/mol. The van der Waals surface area contributed by atoms with E-state index in [0.717, 1.165) is 9.13 Å². The van der Waals surface area contributed by atoms with Crippen LogP contribution >= 0.6 is 45.5 Å². The van der Waals surface area contributed by atoms with Crippen LogP contribution < -0.4 is 24.4 Å². The van der Waals surface area contributed by atoms with Gasteiger partial charge in [-0.05, 0) is 77.0 Å². The van der Waals surface area contributed by atoms with Crippen molar-refractivity contribution < 1.29 is 23.4 Å². The van der Waals surface area contributed by atoms with E-state index < -0.39 is 17.8 Å². The maximum absolute atomic E-state index is 14.2. The highest BCUT2D eigenvalue weighted by Gasteiger charge is 2.35. The predicted octanol–water partition coefficient (Wildman–Crippen LogP) is 6.92. The van der Waals surface area contributed by atoms with Gasteiger partial charge in [0.25, 0.3) is 5.56 Å². The highest BCUT2D eigenvalue weighted by atomic mass is 127. The summed E-state index contributed by atoms with van der Waals surface area (Å²) in [6, 6.07) is 25.2. The Balaban J connectivity index is 1.49. The molecule has 4 aromatic carbocycles. The highest BCUT2D eigenvalue weighted by molar-refractivity contribution is 14.1. The van der Waals surface area contributed by atoms with Crippen molar-refractivity contribution in [2.24, 2.45) is 4.99 Å². The van der Waals surface area contributed by atoms with Crippen molar-refractivity contribution in [1.29, 1.82) is 0 Å². The van der Waals surface area contributed by atoms with Gasteiger partial charge in [0.1, 0.15) is 12.4 Å². The molecule has 238 valence electrons. The van der Waals surface area contributed by atoms with E-state index in [0.29, 0.717) is 48.2 Å². The lowest BCUT2D eigenvalue weighted by molar-refractivity contribution is -0.138. The summed E-state index contributed by atoms with van der Waals surface area (Å²) >= 11 is 9.68. The van der Waals surface area contributed by atoms with Crippen molar-refractivity contribution in [2.45, 2.75) is 19.6 Å². The number of fused-ring (bicyclic) bond motifs is 1. The first-order valence-electron chi connectivity index (χ1n) is 14.6. The minimum Gasteiger partial charge on any atom is -0.493 e. The van der Waals surface area contributed by atoms with Gasteiger partial charge in [-0.2, -0.15) is 0 Å². The molecule has 1 atom stereocenters. The molecule has 0 saturated heterocycles. The zero-order valence-electron chi connectivity index (χ0n) is 25.2. The van der Waals surface area contributed by atoms with E-state index in [1.165, 1.54) is 28.0 Å². The van der Waals surface area contributed by atoms with Crippen molar-refractivity contribution in [1.82, 2.24) is 4.57 Å². The molecule has 0 radical (unpaired) electrons. The third-order valence-corrected chi connectivity index (χ3v) is 9.59. The van der Waals surface area contributed by atoms with E-state index in [2.05, 4.69) is 22.6 Å². The van der Waals surface area contributed by atoms with Crippen LogP contribution in [0.3, 0.4) is 0 Å². The number of esters is 1. The Morgan fingerprint density at radius 1 is 1.06 bits per heavy atom. The van der Waals surface area contributed by atoms with Crippen LogP contribution in [-0.2, 0) is 16.1 Å². The number of carbonyl (C=O) groups is 1. The quantitative estimate of drug-likeness (QED) is 0.120. The number of methoxy groups -OCH3 is 1. The Morgan fingerprint density at radius 2 is 1.79 bits per heavy atom. The number of carbonyl (C=O) groups excluding carboxylic acids is 1. The van der Waals surface area contributed by atoms with Crippen LogP contribution in [-0.4, -0.2) is 24.3 Å². The normalized spacial score (nSPS) is 14.4. The zero-order chi connectivity index (χ0) is 33.1. The number of rotatable bonds is 9. The molecule has 2 heterocycles. The number of benzene rings is 4. The molecule has 0 spiro atoms. The number of aromatic nitrogens is 1. The van der Waals surface area contributed by atoms with Gasteiger partial charge in [-0.15, -0.1) is 0 Å². The van der Waals surface area contributed by atoms with Crippen LogP contribution in [0.5, 0.6) is 11.5 Å². The summed E-state index contributed by atoms with van der Waals surface area (Å²) in [7, 11) is 1.55. The third kappa shape index (κ3) is 6.76. The van der Waals surface area contributed by atoms with Gasteiger partial charge in [-0.25, -0.2) is 14.2 Å². The molecule has 1 aromatic heterocycles. The minimum absolute atomic E-state index is 0.128. The fourth-order valence-electron chi connectivity index (χ4n) is 5.28. The molecule has 0 N–H and O–H groups in total. The van der Waals surface area contributed by atoms with Crippen molar-refractivity contribution in [2.75, 3.05) is 13.7 Å². The number of nitrogens with zero attached hydrogens (tertiary/aromatic N) is 2. The minimum atomic E-state index is -0.904. The first-order valence-corrected chi connectivity index (χ1v) is 16.8. The second kappa shape index (κ2) is 14.2. The average molecular weight is 781 g/mol. The lowest BCUT2D eigenvalue weighted by Gasteiger charge is -2.25. The zero-order valence-corrected chi connectivity index (χ0v) is 28.9. The van der Waals surface area contributed by atoms with Crippen molar-refractivity contribution in [3.8, 4) is 11.5 Å². The van der Waals surface area contributed by atoms with Crippen molar-refractivity contribution in [3.63, 3.8) is 0 Å². The SMILES string of the molecule is CCOC(=O)C1=C(c2ccccc2)N=c2s/c(=C\c3cc(I)c(OCc4ccccc4Cl)c(OC)c3)c(=O)n2[C@@H]1c1ccc(F)cc1. The summed E-state index contributed by atoms with van der Waals surface area (Å²) in [4.78, 5) is 33.0. The largest absolute Gasteiger partial charge is 0.493 e. The molecule has 1 aliphatic heterocycles. The van der Waals surface area contributed by atoms with Crippen molar-refractivity contribution in [3.05, 3.63) is 153 Å². The van der Waals surface area contributed by atoms with Crippen LogP contribution in [0.1, 0.15) is 35.2 Å². The second-order valence-electron chi connectivity index (χ2n) is 10.4. The molecule has 1 aliphatic rings. The Labute approximate surface area is 292 Å². The van der Waals surface area contributed by atoms with Gasteiger partial charge in [0, 0.05) is 16.1 Å². The summed E-state index contributed by atoms with van der Waals surface area (Å²) in [6.07, 6.45) is 1.75. The van der Waals surface area contributed by atoms with E-state index in [1.54, 1.807) is 44.4 Å². The molecular formula is C36H27ClFIN2O5S. The molecular weight excluding hydrogens is 754 g/mol. The van der Waals surface area contributed by atoms with Gasteiger partial charge in [-0.3, -0.25) is 9.36 Å². The lowest BCUT2D eigenvalue weighted by Crippen LogP contribution is -2.40. The number of hydrogen-bond donors (Lipinski definition) is 0. The summed E-state index contributed by atoms with van der Waals surface area (Å²) in [5.41, 5.74) is 3.00. The molecule has 0 aliphatic carbocycles. The summed E-state index contributed by atoms with van der Waals surface area (Å²) in [5, 5.41) is 0.606. The molecule has 5 aromatic rings. The van der Waals surface area contributed by atoms with E-state index in [-0.39, 0.29) is 24.3 Å². The molecule has 47 heavy (non-hydrogen) atoms. The highest BCUT2D eigenvalue weighted by Crippen LogP contribution is 2.37. The Kier molecular flexibility index (Phi) is 9.90. The molecule has 6 rings (SSSR count). The summed E-state index contributed by atoms with van der Waals surface area (Å²) in [6.45, 7) is 2.09. The summed E-state index contributed by atoms with van der Waals surface area (Å²) in [5.74, 6) is -0.00280. The van der Waals surface area contributed by atoms with Crippen molar-refractivity contribution >= 4 is 63.3 Å². The van der Waals surface area contributed by atoms with Crippen LogP contribution in [0.15, 0.2) is 106 Å². The topological polar surface area (TPSA) is 79.1 Å². The number of halogens is 3. The number of ether oxygens (including phenoxy) is 3. The van der Waals surface area contributed by atoms with E-state index in [1.807, 2.05) is 54.6 Å². The monoisotopic (exact) mass is 780 g/mol. The van der Waals surface area contributed by atoms with E-state index in [9.17, 15) is 14.0 Å². The summed E-state index contributed by atoms with van der Waals surface area (Å²) < 4.78 is 34.0. The van der Waals surface area contributed by atoms with Gasteiger partial charge >= 0.3 is 5.97 Å². The Morgan fingerprint density at radius 3 is 2.49 bits per heavy atom. The maximum atomic E-state index is 14.2. The number of hydrogen-bond acceptors (Lipinski definition) is 7. The lowest BCUT2D eigenvalue weighted by atomic mass is 9.93. The smallest absolute Gasteiger partial charge is 0.338 e. The fraction of sp³-hybridized carbons (Fsp3) is 0.139. The van der Waals surface area contributed by atoms with Crippen LogP contribution in [0.4, 0.5) is 4.39 Å². The van der Waals surface area contributed by atoms with Gasteiger partial charge < -0.3 is 14.2 Å². The molecule has 0 fully saturated rings. The third-order valence-electron chi connectivity index (χ3n) is 7.44. The van der Waals surface area contributed by atoms with Gasteiger partial charge in [0.15, 0.2) is 16.3 Å². The molecule has 0 bridgehead atoms. The van der Waals surface area contributed by atoms with Crippen LogP contribution in [0, 0.1) is 9.39 Å². The van der Waals surface area contributed by atoms with Gasteiger partial charge in [-0.1, -0.05) is 83.6 Å². The van der Waals surface area contributed by atoms with Crippen LogP contribution in [0.25, 0.3) is 11.8 Å². The molecule has 0 amide bonds. The average Bonchev–Trinajstić information content (AvgIpc) is 3.38. The Hall–Kier alpha value is -4.26. The first-order chi connectivity index (χ1) is 22.8. The maximum Gasteiger partial charge on any atom is 0.338 e. The van der Waals surface area contributed by atoms with Gasteiger partial charge in [0.2, 0.25) is 0 Å². The number of thiazole rings is 1. The molecule has 11 heteroatoms. The van der Waals surface area contributed by atoms with E-state index in [4.69, 9.17) is 30.8 Å². The van der Waals surface area contributed by atoms with Gasteiger partial charge in [0.05, 0.1) is 39.1 Å². The Bertz CT molecular complexity index is 2180. The molecule has 0 saturated carbocycles. The van der Waals surface area contributed by atoms with Crippen LogP contribution in [0.2, 0.25) is 5.02 Å². The molecule has 0 unspecified atom stereocenters. The second-order valence-corrected chi connectivity index (χ2v) is 13.0. The fourth-order valence-corrected chi connectivity index (χ4v) is 7.25. The molecule has 7 nitrogen and oxygen atoms in total.